The van der Waals surface area contributed by atoms with Crippen LogP contribution in [0.3, 0.4) is 0 Å². The van der Waals surface area contributed by atoms with Crippen molar-refractivity contribution in [2.45, 2.75) is 44.8 Å². The van der Waals surface area contributed by atoms with Crippen LogP contribution in [0.5, 0.6) is 0 Å². The number of likely N-dealkylation sites (N-methyl/N-ethyl adjacent to an activating group) is 1. The molecule has 0 aromatic heterocycles. The molecule has 0 spiro atoms. The molecule has 0 amide bonds. The van der Waals surface area contributed by atoms with E-state index in [2.05, 4.69) is 59.4 Å². The number of nitrogens with one attached hydrogen (secondary N) is 1. The molecule has 3 rings (SSSR count). The molecule has 0 aliphatic carbocycles. The van der Waals surface area contributed by atoms with Crippen LogP contribution in [-0.2, 0) is 6.54 Å². The predicted octanol–water partition coefficient (Wildman–Crippen LogP) is 2.58. The molecule has 1 N–H and O–H groups in total. The first-order valence-corrected chi connectivity index (χ1v) is 8.90. The van der Waals surface area contributed by atoms with Crippen LogP contribution >= 0.6 is 0 Å². The standard InChI is InChI=1S/C19H31N3/c1-16-12-18(8-10-20-16)13-21(2)19-9-11-22(15-19)14-17-6-4-3-5-7-17/h3-7,16,18-20H,8-15H2,1-2H3. The topological polar surface area (TPSA) is 18.5 Å². The van der Waals surface area contributed by atoms with Crippen molar-refractivity contribution in [1.29, 1.82) is 0 Å². The van der Waals surface area contributed by atoms with E-state index < -0.39 is 0 Å². The predicted molar refractivity (Wildman–Crippen MR) is 92.9 cm³/mol. The monoisotopic (exact) mass is 301 g/mol. The summed E-state index contributed by atoms with van der Waals surface area (Å²) in [6.07, 6.45) is 4.00. The molecule has 2 heterocycles. The van der Waals surface area contributed by atoms with Gasteiger partial charge in [-0.05, 0) is 51.3 Å². The van der Waals surface area contributed by atoms with E-state index in [4.69, 9.17) is 0 Å². The number of hydrogen-bond donors (Lipinski definition) is 1. The summed E-state index contributed by atoms with van der Waals surface area (Å²) in [5.41, 5.74) is 1.44. The Labute approximate surface area is 135 Å². The summed E-state index contributed by atoms with van der Waals surface area (Å²) in [7, 11) is 2.34. The molecule has 0 bridgehead atoms. The number of hydrogen-bond acceptors (Lipinski definition) is 3. The van der Waals surface area contributed by atoms with E-state index >= 15 is 0 Å². The third kappa shape index (κ3) is 4.31. The molecule has 0 radical (unpaired) electrons. The van der Waals surface area contributed by atoms with Gasteiger partial charge in [0.05, 0.1) is 0 Å². The minimum absolute atomic E-state index is 0.699. The van der Waals surface area contributed by atoms with Gasteiger partial charge in [0.2, 0.25) is 0 Å². The summed E-state index contributed by atoms with van der Waals surface area (Å²) in [6.45, 7) is 8.37. The van der Waals surface area contributed by atoms with Crippen molar-refractivity contribution in [2.75, 3.05) is 33.2 Å². The quantitative estimate of drug-likeness (QED) is 0.902. The van der Waals surface area contributed by atoms with E-state index in [1.54, 1.807) is 0 Å². The van der Waals surface area contributed by atoms with Gasteiger partial charge in [-0.2, -0.15) is 0 Å². The Morgan fingerprint density at radius 2 is 2.05 bits per heavy atom. The summed E-state index contributed by atoms with van der Waals surface area (Å²) >= 11 is 0. The third-order valence-electron chi connectivity index (χ3n) is 5.40. The maximum atomic E-state index is 3.56. The highest BCUT2D eigenvalue weighted by Crippen LogP contribution is 2.22. The number of rotatable bonds is 5. The molecule has 3 unspecified atom stereocenters. The lowest BCUT2D eigenvalue weighted by atomic mass is 9.92. The molecular weight excluding hydrogens is 270 g/mol. The van der Waals surface area contributed by atoms with E-state index in [-0.39, 0.29) is 0 Å². The van der Waals surface area contributed by atoms with Crippen molar-refractivity contribution in [2.24, 2.45) is 5.92 Å². The van der Waals surface area contributed by atoms with E-state index in [0.29, 0.717) is 6.04 Å². The van der Waals surface area contributed by atoms with Gasteiger partial charge in [0, 0.05) is 38.3 Å². The van der Waals surface area contributed by atoms with Crippen LogP contribution in [0.1, 0.15) is 31.7 Å². The number of likely N-dealkylation sites (tertiary alicyclic amines) is 1. The van der Waals surface area contributed by atoms with Crippen molar-refractivity contribution < 1.29 is 0 Å². The largest absolute Gasteiger partial charge is 0.314 e. The summed E-state index contributed by atoms with van der Waals surface area (Å²) < 4.78 is 0. The van der Waals surface area contributed by atoms with Crippen molar-refractivity contribution in [3.63, 3.8) is 0 Å². The molecule has 2 saturated heterocycles. The van der Waals surface area contributed by atoms with Gasteiger partial charge in [-0.15, -0.1) is 0 Å². The van der Waals surface area contributed by atoms with Gasteiger partial charge in [0.1, 0.15) is 0 Å². The summed E-state index contributed by atoms with van der Waals surface area (Å²) in [4.78, 5) is 5.25. The molecular formula is C19H31N3. The van der Waals surface area contributed by atoms with Crippen molar-refractivity contribution in [3.05, 3.63) is 35.9 Å². The second-order valence-electron chi connectivity index (χ2n) is 7.35. The van der Waals surface area contributed by atoms with E-state index in [0.717, 1.165) is 18.5 Å². The van der Waals surface area contributed by atoms with Gasteiger partial charge in [-0.3, -0.25) is 4.90 Å². The van der Waals surface area contributed by atoms with E-state index in [1.807, 2.05) is 0 Å². The van der Waals surface area contributed by atoms with Crippen LogP contribution < -0.4 is 5.32 Å². The van der Waals surface area contributed by atoms with Crippen molar-refractivity contribution in [3.8, 4) is 0 Å². The Kier molecular flexibility index (Phi) is 5.51. The van der Waals surface area contributed by atoms with Gasteiger partial charge < -0.3 is 10.2 Å². The lowest BCUT2D eigenvalue weighted by Crippen LogP contribution is -2.43. The molecule has 3 heteroatoms. The van der Waals surface area contributed by atoms with Crippen molar-refractivity contribution in [1.82, 2.24) is 15.1 Å². The average Bonchev–Trinajstić information content (AvgIpc) is 2.97. The summed E-state index contributed by atoms with van der Waals surface area (Å²) in [5, 5.41) is 3.56. The minimum Gasteiger partial charge on any atom is -0.314 e. The molecule has 22 heavy (non-hydrogen) atoms. The van der Waals surface area contributed by atoms with Gasteiger partial charge >= 0.3 is 0 Å². The van der Waals surface area contributed by atoms with Crippen molar-refractivity contribution >= 4 is 0 Å². The Hall–Kier alpha value is -0.900. The molecule has 3 atom stereocenters. The summed E-state index contributed by atoms with van der Waals surface area (Å²) in [6, 6.07) is 12.3. The number of benzene rings is 1. The molecule has 122 valence electrons. The molecule has 3 nitrogen and oxygen atoms in total. The zero-order valence-electron chi connectivity index (χ0n) is 14.2. The Balaban J connectivity index is 1.45. The zero-order chi connectivity index (χ0) is 15.4. The van der Waals surface area contributed by atoms with Crippen LogP contribution in [0.25, 0.3) is 0 Å². The van der Waals surface area contributed by atoms with Crippen LogP contribution in [0.15, 0.2) is 30.3 Å². The van der Waals surface area contributed by atoms with Crippen LogP contribution in [0, 0.1) is 5.92 Å². The molecule has 2 aliphatic heterocycles. The number of piperidine rings is 1. The smallest absolute Gasteiger partial charge is 0.0234 e. The Morgan fingerprint density at radius 1 is 1.23 bits per heavy atom. The van der Waals surface area contributed by atoms with E-state index in [9.17, 15) is 0 Å². The highest BCUT2D eigenvalue weighted by molar-refractivity contribution is 5.14. The maximum Gasteiger partial charge on any atom is 0.0234 e. The average molecular weight is 301 g/mol. The third-order valence-corrected chi connectivity index (χ3v) is 5.40. The fourth-order valence-corrected chi connectivity index (χ4v) is 4.11. The molecule has 2 aliphatic rings. The highest BCUT2D eigenvalue weighted by atomic mass is 15.2. The maximum absolute atomic E-state index is 3.56. The van der Waals surface area contributed by atoms with Gasteiger partial charge in [-0.25, -0.2) is 0 Å². The molecule has 1 aromatic rings. The van der Waals surface area contributed by atoms with Crippen LogP contribution in [-0.4, -0.2) is 55.1 Å². The lowest BCUT2D eigenvalue weighted by Gasteiger charge is -2.33. The minimum atomic E-state index is 0.699. The first-order chi connectivity index (χ1) is 10.7. The fourth-order valence-electron chi connectivity index (χ4n) is 4.11. The molecule has 1 aromatic carbocycles. The molecule has 2 fully saturated rings. The second kappa shape index (κ2) is 7.58. The fraction of sp³-hybridized carbons (Fsp3) is 0.684. The van der Waals surface area contributed by atoms with Gasteiger partial charge in [-0.1, -0.05) is 30.3 Å². The Morgan fingerprint density at radius 3 is 2.82 bits per heavy atom. The van der Waals surface area contributed by atoms with Gasteiger partial charge in [0.25, 0.3) is 0 Å². The highest BCUT2D eigenvalue weighted by Gasteiger charge is 2.28. The van der Waals surface area contributed by atoms with E-state index in [1.165, 1.54) is 51.0 Å². The van der Waals surface area contributed by atoms with Crippen LogP contribution in [0.2, 0.25) is 0 Å². The first kappa shape index (κ1) is 16.0. The Bertz CT molecular complexity index is 447. The van der Waals surface area contributed by atoms with Crippen LogP contribution in [0.4, 0.5) is 0 Å². The SMILES string of the molecule is CC1CC(CN(C)C2CCN(Cc3ccccc3)C2)CCN1. The molecule has 0 saturated carbocycles. The number of nitrogens with zero attached hydrogens (tertiary/aromatic N) is 2. The normalized spacial score (nSPS) is 30.0. The summed E-state index contributed by atoms with van der Waals surface area (Å²) in [5.74, 6) is 0.879. The lowest BCUT2D eigenvalue weighted by molar-refractivity contribution is 0.172. The van der Waals surface area contributed by atoms with Gasteiger partial charge in [0.15, 0.2) is 0 Å². The first-order valence-electron chi connectivity index (χ1n) is 8.90. The zero-order valence-corrected chi connectivity index (χ0v) is 14.2. The second-order valence-corrected chi connectivity index (χ2v) is 7.35.